The number of thiophene rings is 1. The van der Waals surface area contributed by atoms with E-state index in [0.717, 1.165) is 34.3 Å². The van der Waals surface area contributed by atoms with Gasteiger partial charge in [0, 0.05) is 22.9 Å². The molecule has 0 unspecified atom stereocenters. The van der Waals surface area contributed by atoms with Crippen LogP contribution in [0.5, 0.6) is 0 Å². The Morgan fingerprint density at radius 1 is 1.36 bits per heavy atom. The summed E-state index contributed by atoms with van der Waals surface area (Å²) in [6, 6.07) is 5.95. The lowest BCUT2D eigenvalue weighted by Crippen LogP contribution is -2.08. The number of aliphatic imine (C=N–C) groups is 1. The van der Waals surface area contributed by atoms with Crippen LogP contribution in [0.15, 0.2) is 35.5 Å². The molecule has 0 aliphatic heterocycles. The first kappa shape index (κ1) is 22.1. The molecule has 3 rings (SSSR count). The van der Waals surface area contributed by atoms with Crippen LogP contribution in [-0.2, 0) is 0 Å². The van der Waals surface area contributed by atoms with Crippen molar-refractivity contribution in [2.24, 2.45) is 10.7 Å². The molecular formula is C21H27ClN4OS. The molecule has 0 saturated carbocycles. The highest BCUT2D eigenvalue weighted by molar-refractivity contribution is 7.22. The van der Waals surface area contributed by atoms with Gasteiger partial charge in [0.05, 0.1) is 16.8 Å². The zero-order valence-corrected chi connectivity index (χ0v) is 18.1. The van der Waals surface area contributed by atoms with E-state index in [1.807, 2.05) is 44.3 Å². The van der Waals surface area contributed by atoms with Gasteiger partial charge in [0.1, 0.15) is 11.7 Å². The minimum atomic E-state index is 0.184. The van der Waals surface area contributed by atoms with Crippen LogP contribution in [0.1, 0.15) is 38.1 Å². The number of aromatic nitrogens is 2. The maximum atomic E-state index is 8.75. The van der Waals surface area contributed by atoms with Crippen molar-refractivity contribution < 1.29 is 5.11 Å². The van der Waals surface area contributed by atoms with Gasteiger partial charge in [0.25, 0.3) is 0 Å². The lowest BCUT2D eigenvalue weighted by molar-refractivity contribution is 0.285. The quantitative estimate of drug-likeness (QED) is 0.272. The molecule has 0 spiro atoms. The Labute approximate surface area is 175 Å². The molecule has 5 nitrogen and oxygen atoms in total. The second-order valence-corrected chi connectivity index (χ2v) is 7.44. The van der Waals surface area contributed by atoms with Gasteiger partial charge in [0.2, 0.25) is 0 Å². The number of fused-ring (bicyclic) bond motifs is 1. The minimum Gasteiger partial charge on any atom is -0.396 e. The molecule has 150 valence electrons. The highest BCUT2D eigenvalue weighted by Gasteiger charge is 2.12. The number of nitrogens with two attached hydrogens (primary N) is 1. The number of hydrogen-bond donors (Lipinski definition) is 3. The predicted molar refractivity (Wildman–Crippen MR) is 122 cm³/mol. The van der Waals surface area contributed by atoms with Crippen molar-refractivity contribution in [2.75, 3.05) is 13.2 Å². The van der Waals surface area contributed by atoms with Gasteiger partial charge >= 0.3 is 0 Å². The number of aliphatic hydroxyl groups excluding tert-OH is 1. The Kier molecular flexibility index (Phi) is 8.70. The van der Waals surface area contributed by atoms with Crippen molar-refractivity contribution in [3.8, 4) is 10.6 Å². The molecule has 0 bridgehead atoms. The number of benzene rings is 1. The molecule has 0 aliphatic carbocycles. The van der Waals surface area contributed by atoms with E-state index in [2.05, 4.69) is 21.9 Å². The van der Waals surface area contributed by atoms with Crippen LogP contribution in [0.2, 0.25) is 5.02 Å². The van der Waals surface area contributed by atoms with Gasteiger partial charge in [0.15, 0.2) is 0 Å². The molecule has 0 aliphatic rings. The van der Waals surface area contributed by atoms with Crippen LogP contribution in [0, 0.1) is 6.92 Å². The van der Waals surface area contributed by atoms with Crippen LogP contribution in [-0.4, -0.2) is 34.1 Å². The van der Waals surface area contributed by atoms with Gasteiger partial charge in [-0.15, -0.1) is 11.3 Å². The Hall–Kier alpha value is -2.15. The molecule has 3 aromatic rings. The van der Waals surface area contributed by atoms with Crippen LogP contribution in [0.4, 0.5) is 0 Å². The first-order valence-electron chi connectivity index (χ1n) is 9.41. The van der Waals surface area contributed by atoms with Crippen molar-refractivity contribution in [1.82, 2.24) is 9.97 Å². The number of unbranched alkanes of at least 4 members (excludes halogenated alkanes) is 1. The Bertz CT molecular complexity index is 959. The van der Waals surface area contributed by atoms with E-state index < -0.39 is 0 Å². The third kappa shape index (κ3) is 5.67. The second kappa shape index (κ2) is 11.0. The van der Waals surface area contributed by atoms with E-state index in [9.17, 15) is 0 Å². The van der Waals surface area contributed by atoms with Crippen LogP contribution in [0.25, 0.3) is 26.7 Å². The fraction of sp³-hybridized carbons (Fsp3) is 0.333. The van der Waals surface area contributed by atoms with Gasteiger partial charge in [-0.05, 0) is 61.1 Å². The SMILES string of the molecule is CC.Cc1c(-c2cnc(/C=C\C(N)=NCCCCO)[nH]2)sc2ccc(Cl)cc12. The zero-order chi connectivity index (χ0) is 20.5. The van der Waals surface area contributed by atoms with E-state index in [4.69, 9.17) is 22.4 Å². The molecule has 7 heteroatoms. The number of hydrogen-bond acceptors (Lipinski definition) is 4. The Morgan fingerprint density at radius 3 is 2.89 bits per heavy atom. The molecule has 0 saturated heterocycles. The largest absolute Gasteiger partial charge is 0.396 e. The number of nitrogens with zero attached hydrogens (tertiary/aromatic N) is 2. The van der Waals surface area contributed by atoms with Crippen LogP contribution >= 0.6 is 22.9 Å². The number of rotatable bonds is 7. The summed E-state index contributed by atoms with van der Waals surface area (Å²) in [7, 11) is 0. The second-order valence-electron chi connectivity index (χ2n) is 5.95. The first-order valence-corrected chi connectivity index (χ1v) is 10.6. The number of H-pyrrole nitrogens is 1. The first-order chi connectivity index (χ1) is 13.6. The number of aliphatic hydroxyl groups is 1. The Balaban J connectivity index is 0.00000136. The summed E-state index contributed by atoms with van der Waals surface area (Å²) in [6.45, 7) is 6.89. The molecule has 0 amide bonds. The van der Waals surface area contributed by atoms with Crippen molar-refractivity contribution in [2.45, 2.75) is 33.6 Å². The number of aromatic amines is 1. The van der Waals surface area contributed by atoms with E-state index >= 15 is 0 Å². The van der Waals surface area contributed by atoms with Gasteiger partial charge in [-0.2, -0.15) is 0 Å². The summed E-state index contributed by atoms with van der Waals surface area (Å²) in [5.41, 5.74) is 8.02. The number of aryl methyl sites for hydroxylation is 1. The molecule has 0 atom stereocenters. The maximum absolute atomic E-state index is 8.75. The molecule has 28 heavy (non-hydrogen) atoms. The molecular weight excluding hydrogens is 392 g/mol. The third-order valence-electron chi connectivity index (χ3n) is 4.01. The molecule has 0 fully saturated rings. The maximum Gasteiger partial charge on any atom is 0.130 e. The highest BCUT2D eigenvalue weighted by Crippen LogP contribution is 2.38. The van der Waals surface area contributed by atoms with Crippen LogP contribution in [0.3, 0.4) is 0 Å². The van der Waals surface area contributed by atoms with Crippen molar-refractivity contribution >= 4 is 44.9 Å². The van der Waals surface area contributed by atoms with E-state index in [1.165, 1.54) is 15.6 Å². The van der Waals surface area contributed by atoms with Gasteiger partial charge in [-0.25, -0.2) is 4.98 Å². The lowest BCUT2D eigenvalue weighted by atomic mass is 10.1. The standard InChI is InChI=1S/C19H21ClN4OS.C2H6/c1-12-14-10-13(20)4-5-16(14)26-19(12)15-11-23-18(24-15)7-6-17(21)22-8-2-3-9-25;1-2/h4-7,10-11,25H,2-3,8-9H2,1H3,(H2,21,22)(H,23,24);1-2H3/b7-6-;. The van der Waals surface area contributed by atoms with Gasteiger partial charge in [-0.1, -0.05) is 25.4 Å². The van der Waals surface area contributed by atoms with Gasteiger partial charge in [-0.3, -0.25) is 4.99 Å². The molecule has 0 radical (unpaired) electrons. The summed E-state index contributed by atoms with van der Waals surface area (Å²) in [4.78, 5) is 13.1. The average molecular weight is 419 g/mol. The fourth-order valence-corrected chi connectivity index (χ4v) is 3.96. The number of nitrogens with one attached hydrogen (secondary N) is 1. The van der Waals surface area contributed by atoms with E-state index in [0.29, 0.717) is 12.4 Å². The summed E-state index contributed by atoms with van der Waals surface area (Å²) >= 11 is 7.83. The molecule has 1 aromatic carbocycles. The Morgan fingerprint density at radius 2 is 2.14 bits per heavy atom. The molecule has 2 heterocycles. The fourth-order valence-electron chi connectivity index (χ4n) is 2.64. The van der Waals surface area contributed by atoms with E-state index in [1.54, 1.807) is 17.4 Å². The summed E-state index contributed by atoms with van der Waals surface area (Å²) in [5.74, 6) is 1.18. The van der Waals surface area contributed by atoms with E-state index in [-0.39, 0.29) is 6.61 Å². The number of imidazole rings is 1. The minimum absolute atomic E-state index is 0.184. The third-order valence-corrected chi connectivity index (χ3v) is 5.55. The van der Waals surface area contributed by atoms with Crippen molar-refractivity contribution in [1.29, 1.82) is 0 Å². The zero-order valence-electron chi connectivity index (χ0n) is 16.5. The van der Waals surface area contributed by atoms with Crippen molar-refractivity contribution in [3.63, 3.8) is 0 Å². The highest BCUT2D eigenvalue weighted by atomic mass is 35.5. The number of halogens is 1. The van der Waals surface area contributed by atoms with Crippen molar-refractivity contribution in [3.05, 3.63) is 46.9 Å². The molecule has 4 N–H and O–H groups in total. The average Bonchev–Trinajstić information content (AvgIpc) is 3.30. The number of amidine groups is 1. The van der Waals surface area contributed by atoms with Crippen LogP contribution < -0.4 is 5.73 Å². The smallest absolute Gasteiger partial charge is 0.130 e. The normalized spacial score (nSPS) is 11.8. The lowest BCUT2D eigenvalue weighted by Gasteiger charge is -1.96. The van der Waals surface area contributed by atoms with Gasteiger partial charge < -0.3 is 15.8 Å². The molecule has 2 aromatic heterocycles. The summed E-state index contributed by atoms with van der Waals surface area (Å²) < 4.78 is 1.20. The monoisotopic (exact) mass is 418 g/mol. The summed E-state index contributed by atoms with van der Waals surface area (Å²) in [6.07, 6.45) is 6.94. The topological polar surface area (TPSA) is 87.3 Å². The summed E-state index contributed by atoms with van der Waals surface area (Å²) in [5, 5.41) is 10.7. The predicted octanol–water partition coefficient (Wildman–Crippen LogP) is 5.42.